The molecular weight excluding hydrogens is 648 g/mol. The van der Waals surface area contributed by atoms with Crippen molar-refractivity contribution in [3.8, 4) is 11.3 Å². The van der Waals surface area contributed by atoms with Crippen molar-refractivity contribution in [3.05, 3.63) is 149 Å². The third-order valence-corrected chi connectivity index (χ3v) is 9.05. The normalized spacial score (nSPS) is 11.2. The third kappa shape index (κ3) is 8.33. The maximum absolute atomic E-state index is 13.5. The molecule has 7 nitrogen and oxygen atoms in total. The number of amides is 3. The molecule has 232 valence electrons. The first kappa shape index (κ1) is 31.7. The van der Waals surface area contributed by atoms with Crippen molar-refractivity contribution in [2.45, 2.75) is 4.90 Å². The van der Waals surface area contributed by atoms with Crippen LogP contribution in [-0.2, 0) is 9.59 Å². The van der Waals surface area contributed by atoms with E-state index in [9.17, 15) is 14.4 Å². The molecule has 5 aromatic carbocycles. The van der Waals surface area contributed by atoms with E-state index in [2.05, 4.69) is 20.9 Å². The number of thiazole rings is 1. The number of carbonyl (C=O) groups excluding carboxylic acids is 3. The molecule has 0 saturated carbocycles. The molecule has 6 rings (SSSR count). The van der Waals surface area contributed by atoms with Crippen LogP contribution in [0, 0.1) is 0 Å². The van der Waals surface area contributed by atoms with Crippen LogP contribution < -0.4 is 16.0 Å². The highest BCUT2D eigenvalue weighted by Gasteiger charge is 2.16. The van der Waals surface area contributed by atoms with E-state index in [1.807, 2.05) is 78.2 Å². The highest BCUT2D eigenvalue weighted by atomic mass is 35.5. The second-order valence-corrected chi connectivity index (χ2v) is 12.6. The average molecular weight is 675 g/mol. The lowest BCUT2D eigenvalue weighted by atomic mass is 10.0. The fourth-order valence-electron chi connectivity index (χ4n) is 4.70. The lowest BCUT2D eigenvalue weighted by Gasteiger charge is -2.12. The third-order valence-electron chi connectivity index (χ3n) is 7.02. The summed E-state index contributed by atoms with van der Waals surface area (Å²) in [6.45, 7) is 0. The summed E-state index contributed by atoms with van der Waals surface area (Å²) in [5.41, 5.74) is 3.56. The molecule has 3 amide bonds. The van der Waals surface area contributed by atoms with Crippen molar-refractivity contribution < 1.29 is 14.4 Å². The van der Waals surface area contributed by atoms with Crippen molar-refractivity contribution in [1.82, 2.24) is 10.3 Å². The number of benzene rings is 5. The number of fused-ring (bicyclic) bond motifs is 1. The standard InChI is InChI=1S/C37H27ClN4O3S2/c38-28-15-13-25(14-16-28)33-22-47-37(41-33)42-34(43)23-46-30-19-17-29(18-20-30)39-36(45)32(40-35(44)26-8-2-1-3-9-26)21-27-11-6-10-24-7-4-5-12-31(24)27/h1-22H,23H2,(H,39,45)(H,40,44)(H,41,42,43)/b32-21-. The Kier molecular flexibility index (Phi) is 10.1. The molecule has 0 aliphatic carbocycles. The smallest absolute Gasteiger partial charge is 0.272 e. The lowest BCUT2D eigenvalue weighted by molar-refractivity contribution is -0.114. The van der Waals surface area contributed by atoms with Crippen LogP contribution in [0.4, 0.5) is 10.8 Å². The molecule has 0 radical (unpaired) electrons. The van der Waals surface area contributed by atoms with Gasteiger partial charge in [0.25, 0.3) is 11.8 Å². The van der Waals surface area contributed by atoms with E-state index in [4.69, 9.17) is 11.6 Å². The summed E-state index contributed by atoms with van der Waals surface area (Å²) >= 11 is 8.69. The topological polar surface area (TPSA) is 100 Å². The molecule has 0 bridgehead atoms. The molecular formula is C37H27ClN4O3S2. The van der Waals surface area contributed by atoms with Gasteiger partial charge in [0.1, 0.15) is 5.70 Å². The number of nitrogens with zero attached hydrogens (tertiary/aromatic N) is 1. The van der Waals surface area contributed by atoms with Crippen molar-refractivity contribution in [2.24, 2.45) is 0 Å². The van der Waals surface area contributed by atoms with Crippen LogP contribution in [-0.4, -0.2) is 28.5 Å². The maximum atomic E-state index is 13.5. The summed E-state index contributed by atoms with van der Waals surface area (Å²) < 4.78 is 0. The van der Waals surface area contributed by atoms with Gasteiger partial charge in [-0.2, -0.15) is 0 Å². The van der Waals surface area contributed by atoms with E-state index >= 15 is 0 Å². The largest absolute Gasteiger partial charge is 0.321 e. The van der Waals surface area contributed by atoms with Gasteiger partial charge in [0.2, 0.25) is 5.91 Å². The van der Waals surface area contributed by atoms with Gasteiger partial charge in [-0.3, -0.25) is 14.4 Å². The first-order valence-corrected chi connectivity index (χ1v) is 16.8. The molecule has 1 heterocycles. The molecule has 3 N–H and O–H groups in total. The first-order valence-electron chi connectivity index (χ1n) is 14.5. The summed E-state index contributed by atoms with van der Waals surface area (Å²) in [5, 5.41) is 13.6. The summed E-state index contributed by atoms with van der Waals surface area (Å²) in [6.07, 6.45) is 1.68. The van der Waals surface area contributed by atoms with Crippen LogP contribution in [0.3, 0.4) is 0 Å². The number of thioether (sulfide) groups is 1. The molecule has 47 heavy (non-hydrogen) atoms. The molecule has 0 fully saturated rings. The van der Waals surface area contributed by atoms with E-state index < -0.39 is 11.8 Å². The van der Waals surface area contributed by atoms with Crippen LogP contribution >= 0.6 is 34.7 Å². The second-order valence-electron chi connectivity index (χ2n) is 10.3. The minimum atomic E-state index is -0.469. The van der Waals surface area contributed by atoms with Gasteiger partial charge >= 0.3 is 0 Å². The molecule has 0 aliphatic heterocycles. The summed E-state index contributed by atoms with van der Waals surface area (Å²) in [4.78, 5) is 44.5. The molecule has 0 unspecified atom stereocenters. The first-order chi connectivity index (χ1) is 22.9. The van der Waals surface area contributed by atoms with Gasteiger partial charge in [-0.1, -0.05) is 84.4 Å². The van der Waals surface area contributed by atoms with E-state index in [1.54, 1.807) is 54.6 Å². The zero-order valence-corrected chi connectivity index (χ0v) is 27.2. The van der Waals surface area contributed by atoms with Gasteiger partial charge in [-0.15, -0.1) is 23.1 Å². The van der Waals surface area contributed by atoms with Gasteiger partial charge in [-0.25, -0.2) is 4.98 Å². The van der Waals surface area contributed by atoms with Crippen molar-refractivity contribution in [3.63, 3.8) is 0 Å². The fraction of sp³-hybridized carbons (Fsp3) is 0.0270. The molecule has 0 saturated heterocycles. The Balaban J connectivity index is 1.10. The number of nitrogens with one attached hydrogen (secondary N) is 3. The Bertz CT molecular complexity index is 2070. The number of aromatic nitrogens is 1. The number of rotatable bonds is 10. The summed E-state index contributed by atoms with van der Waals surface area (Å²) in [7, 11) is 0. The van der Waals surface area contributed by atoms with Crippen LogP contribution in [0.2, 0.25) is 5.02 Å². The Morgan fingerprint density at radius 1 is 0.787 bits per heavy atom. The minimum absolute atomic E-state index is 0.103. The summed E-state index contributed by atoms with van der Waals surface area (Å²) in [6, 6.07) is 36.9. The van der Waals surface area contributed by atoms with E-state index in [0.29, 0.717) is 21.4 Å². The molecule has 0 atom stereocenters. The Morgan fingerprint density at radius 3 is 2.30 bits per heavy atom. The van der Waals surface area contributed by atoms with E-state index in [1.165, 1.54) is 23.1 Å². The van der Waals surface area contributed by atoms with E-state index in [-0.39, 0.29) is 17.4 Å². The number of carbonyl (C=O) groups is 3. The zero-order chi connectivity index (χ0) is 32.6. The SMILES string of the molecule is O=C(CSc1ccc(NC(=O)/C(=C/c2cccc3ccccc23)NC(=O)c2ccccc2)cc1)Nc1nc(-c2ccc(Cl)cc2)cs1. The van der Waals surface area contributed by atoms with E-state index in [0.717, 1.165) is 32.5 Å². The number of halogens is 1. The summed E-state index contributed by atoms with van der Waals surface area (Å²) in [5.74, 6) is -0.855. The predicted molar refractivity (Wildman–Crippen MR) is 193 cm³/mol. The molecule has 1 aromatic heterocycles. The van der Waals surface area contributed by atoms with Gasteiger partial charge < -0.3 is 16.0 Å². The Hall–Kier alpha value is -5.22. The van der Waals surface area contributed by atoms with Crippen molar-refractivity contribution in [2.75, 3.05) is 16.4 Å². The number of hydrogen-bond acceptors (Lipinski definition) is 6. The highest BCUT2D eigenvalue weighted by molar-refractivity contribution is 8.00. The number of anilines is 2. The maximum Gasteiger partial charge on any atom is 0.272 e. The molecule has 6 aromatic rings. The zero-order valence-electron chi connectivity index (χ0n) is 24.8. The van der Waals surface area contributed by atoms with Gasteiger partial charge in [0, 0.05) is 32.1 Å². The van der Waals surface area contributed by atoms with Crippen LogP contribution in [0.1, 0.15) is 15.9 Å². The van der Waals surface area contributed by atoms with Crippen LogP contribution in [0.15, 0.2) is 137 Å². The van der Waals surface area contributed by atoms with Gasteiger partial charge in [0.05, 0.1) is 11.4 Å². The minimum Gasteiger partial charge on any atom is -0.321 e. The molecule has 0 aliphatic rings. The van der Waals surface area contributed by atoms with Crippen LogP contribution in [0.25, 0.3) is 28.1 Å². The molecule has 10 heteroatoms. The van der Waals surface area contributed by atoms with Gasteiger partial charge in [-0.05, 0) is 70.9 Å². The Labute approximate surface area is 284 Å². The highest BCUT2D eigenvalue weighted by Crippen LogP contribution is 2.27. The van der Waals surface area contributed by atoms with Crippen molar-refractivity contribution >= 4 is 80.1 Å². The van der Waals surface area contributed by atoms with Crippen LogP contribution in [0.5, 0.6) is 0 Å². The lowest BCUT2D eigenvalue weighted by Crippen LogP contribution is -2.30. The second kappa shape index (κ2) is 14.9. The monoisotopic (exact) mass is 674 g/mol. The average Bonchev–Trinajstić information content (AvgIpc) is 3.56. The number of hydrogen-bond donors (Lipinski definition) is 3. The molecule has 0 spiro atoms. The predicted octanol–water partition coefficient (Wildman–Crippen LogP) is 8.76. The van der Waals surface area contributed by atoms with Gasteiger partial charge in [0.15, 0.2) is 5.13 Å². The quantitative estimate of drug-likeness (QED) is 0.0997. The van der Waals surface area contributed by atoms with Crippen molar-refractivity contribution in [1.29, 1.82) is 0 Å². The Morgan fingerprint density at radius 2 is 1.51 bits per heavy atom. The fourth-order valence-corrected chi connectivity index (χ4v) is 6.26.